The number of aromatic nitrogens is 2. The minimum atomic E-state index is -1.47. The quantitative estimate of drug-likeness (QED) is 0.591. The van der Waals surface area contributed by atoms with Crippen molar-refractivity contribution in [2.45, 2.75) is 0 Å². The van der Waals surface area contributed by atoms with Crippen molar-refractivity contribution in [1.29, 1.82) is 0 Å². The first-order valence-electron chi connectivity index (χ1n) is 2.60. The van der Waals surface area contributed by atoms with E-state index in [1.54, 1.807) is 0 Å². The van der Waals surface area contributed by atoms with Crippen molar-refractivity contribution in [3.63, 3.8) is 0 Å². The van der Waals surface area contributed by atoms with Crippen LogP contribution in [0.25, 0.3) is 0 Å². The monoisotopic (exact) mass is 172 g/mol. The lowest BCUT2D eigenvalue weighted by molar-refractivity contribution is -0.255. The van der Waals surface area contributed by atoms with E-state index >= 15 is 0 Å². The molecular weight excluding hydrogens is 170 g/mol. The highest BCUT2D eigenvalue weighted by molar-refractivity contribution is 6.33. The molecule has 0 saturated heterocycles. The molecule has 0 spiro atoms. The number of hydrogen-bond acceptors (Lipinski definition) is 5. The maximum atomic E-state index is 10.2. The molecule has 58 valence electrons. The normalized spacial score (nSPS) is 9.55. The zero-order chi connectivity index (χ0) is 8.43. The van der Waals surface area contributed by atoms with Gasteiger partial charge in [0.2, 0.25) is 5.95 Å². The van der Waals surface area contributed by atoms with Gasteiger partial charge in [0.25, 0.3) is 0 Å². The van der Waals surface area contributed by atoms with Crippen LogP contribution in [0.1, 0.15) is 10.5 Å². The molecule has 1 heterocycles. The Morgan fingerprint density at radius 1 is 1.73 bits per heavy atom. The molecule has 1 aromatic heterocycles. The number of nitrogens with zero attached hydrogens (tertiary/aromatic N) is 2. The third kappa shape index (κ3) is 1.56. The van der Waals surface area contributed by atoms with Gasteiger partial charge in [0.1, 0.15) is 5.69 Å². The highest BCUT2D eigenvalue weighted by atomic mass is 35.5. The molecule has 6 heteroatoms. The molecule has 0 radical (unpaired) electrons. The van der Waals surface area contributed by atoms with E-state index in [-0.39, 0.29) is 16.7 Å². The number of rotatable bonds is 1. The standard InChI is InChI=1S/C5H4ClN3O2/c6-2-1-8-5(7)9-3(2)4(10)11/h1H,(H,10,11)(H2,7,8,9)/p-1. The van der Waals surface area contributed by atoms with E-state index in [1.165, 1.54) is 0 Å². The number of nitrogen functional groups attached to an aromatic ring is 1. The van der Waals surface area contributed by atoms with Crippen LogP contribution in [-0.4, -0.2) is 15.9 Å². The maximum Gasteiger partial charge on any atom is 0.220 e. The Morgan fingerprint density at radius 2 is 2.36 bits per heavy atom. The summed E-state index contributed by atoms with van der Waals surface area (Å²) < 4.78 is 0. The molecule has 0 aromatic carbocycles. The SMILES string of the molecule is Nc1ncc(Cl)c(C(=O)[O-])n1. The maximum absolute atomic E-state index is 10.2. The van der Waals surface area contributed by atoms with Crippen molar-refractivity contribution in [1.82, 2.24) is 9.97 Å². The molecular formula is C5H3ClN3O2-. The predicted molar refractivity (Wildman–Crippen MR) is 35.8 cm³/mol. The average Bonchev–Trinajstić information content (AvgIpc) is 1.94. The van der Waals surface area contributed by atoms with Gasteiger partial charge in [0.05, 0.1) is 17.2 Å². The first-order chi connectivity index (χ1) is 5.11. The zero-order valence-electron chi connectivity index (χ0n) is 5.24. The van der Waals surface area contributed by atoms with E-state index in [2.05, 4.69) is 9.97 Å². The molecule has 0 unspecified atom stereocenters. The van der Waals surface area contributed by atoms with Gasteiger partial charge < -0.3 is 15.6 Å². The van der Waals surface area contributed by atoms with E-state index in [0.29, 0.717) is 0 Å². The van der Waals surface area contributed by atoms with Gasteiger partial charge in [-0.25, -0.2) is 9.97 Å². The van der Waals surface area contributed by atoms with E-state index in [4.69, 9.17) is 17.3 Å². The summed E-state index contributed by atoms with van der Waals surface area (Å²) in [7, 11) is 0. The molecule has 1 rings (SSSR count). The summed E-state index contributed by atoms with van der Waals surface area (Å²) in [5.41, 5.74) is 4.70. The van der Waals surface area contributed by atoms with Crippen molar-refractivity contribution >= 4 is 23.5 Å². The third-order valence-corrected chi connectivity index (χ3v) is 1.23. The Balaban J connectivity index is 3.23. The van der Waals surface area contributed by atoms with Crippen molar-refractivity contribution in [3.8, 4) is 0 Å². The average molecular weight is 173 g/mol. The Bertz CT molecular complexity index is 302. The highest BCUT2D eigenvalue weighted by Gasteiger charge is 2.03. The van der Waals surface area contributed by atoms with Gasteiger partial charge in [-0.1, -0.05) is 11.6 Å². The molecule has 0 aliphatic rings. The fourth-order valence-electron chi connectivity index (χ4n) is 0.524. The van der Waals surface area contributed by atoms with Gasteiger partial charge >= 0.3 is 0 Å². The number of carboxylic acid groups (broad SMARTS) is 1. The highest BCUT2D eigenvalue weighted by Crippen LogP contribution is 2.11. The Kier molecular flexibility index (Phi) is 1.91. The number of carbonyl (C=O) groups is 1. The summed E-state index contributed by atoms with van der Waals surface area (Å²) >= 11 is 5.39. The summed E-state index contributed by atoms with van der Waals surface area (Å²) in [5, 5.41) is 10.1. The van der Waals surface area contributed by atoms with Gasteiger partial charge in [-0.2, -0.15) is 0 Å². The zero-order valence-corrected chi connectivity index (χ0v) is 6.00. The second-order valence-corrected chi connectivity index (χ2v) is 2.12. The summed E-state index contributed by atoms with van der Waals surface area (Å²) in [6, 6.07) is 0. The van der Waals surface area contributed by atoms with Gasteiger partial charge in [-0.15, -0.1) is 0 Å². The molecule has 0 amide bonds. The van der Waals surface area contributed by atoms with Crippen LogP contribution in [0.5, 0.6) is 0 Å². The van der Waals surface area contributed by atoms with Gasteiger partial charge in [-0.05, 0) is 0 Å². The van der Waals surface area contributed by atoms with Crippen molar-refractivity contribution in [2.75, 3.05) is 5.73 Å². The summed E-state index contributed by atoms with van der Waals surface area (Å²) in [5.74, 6) is -1.61. The van der Waals surface area contributed by atoms with Crippen molar-refractivity contribution in [2.24, 2.45) is 0 Å². The lowest BCUT2D eigenvalue weighted by Gasteiger charge is -2.02. The Hall–Kier alpha value is -1.36. The number of carbonyl (C=O) groups excluding carboxylic acids is 1. The largest absolute Gasteiger partial charge is 0.543 e. The number of nitrogens with two attached hydrogens (primary N) is 1. The van der Waals surface area contributed by atoms with Crippen LogP contribution in [0.15, 0.2) is 6.20 Å². The number of halogens is 1. The minimum absolute atomic E-state index is 0.0841. The van der Waals surface area contributed by atoms with Crippen LogP contribution in [0.3, 0.4) is 0 Å². The van der Waals surface area contributed by atoms with Crippen LogP contribution in [0.2, 0.25) is 5.02 Å². The number of anilines is 1. The van der Waals surface area contributed by atoms with Crippen molar-refractivity contribution in [3.05, 3.63) is 16.9 Å². The summed E-state index contributed by atoms with van der Waals surface area (Å²) in [6.45, 7) is 0. The smallest absolute Gasteiger partial charge is 0.220 e. The van der Waals surface area contributed by atoms with Gasteiger partial charge in [-0.3, -0.25) is 0 Å². The molecule has 11 heavy (non-hydrogen) atoms. The van der Waals surface area contributed by atoms with E-state index in [9.17, 15) is 9.90 Å². The molecule has 0 saturated carbocycles. The van der Waals surface area contributed by atoms with E-state index in [1.807, 2.05) is 0 Å². The van der Waals surface area contributed by atoms with Crippen molar-refractivity contribution < 1.29 is 9.90 Å². The molecule has 1 aromatic rings. The third-order valence-electron chi connectivity index (χ3n) is 0.956. The Labute approximate surface area is 66.8 Å². The molecule has 0 fully saturated rings. The van der Waals surface area contributed by atoms with Crippen LogP contribution in [0, 0.1) is 0 Å². The lowest BCUT2D eigenvalue weighted by Crippen LogP contribution is -2.24. The minimum Gasteiger partial charge on any atom is -0.543 e. The Morgan fingerprint density at radius 3 is 2.82 bits per heavy atom. The fraction of sp³-hybridized carbons (Fsp3) is 0. The molecule has 0 atom stereocenters. The lowest BCUT2D eigenvalue weighted by atomic mass is 10.4. The van der Waals surface area contributed by atoms with E-state index in [0.717, 1.165) is 6.20 Å². The molecule has 2 N–H and O–H groups in total. The second-order valence-electron chi connectivity index (χ2n) is 1.71. The molecule has 0 bridgehead atoms. The number of hydrogen-bond donors (Lipinski definition) is 1. The first kappa shape index (κ1) is 7.74. The second kappa shape index (κ2) is 2.71. The van der Waals surface area contributed by atoms with Crippen LogP contribution in [-0.2, 0) is 0 Å². The molecule has 0 aliphatic heterocycles. The number of carboxylic acids is 1. The summed E-state index contributed by atoms with van der Waals surface area (Å²) in [4.78, 5) is 17.0. The molecule has 5 nitrogen and oxygen atoms in total. The van der Waals surface area contributed by atoms with Crippen LogP contribution in [0.4, 0.5) is 5.95 Å². The van der Waals surface area contributed by atoms with Gasteiger partial charge in [0.15, 0.2) is 0 Å². The van der Waals surface area contributed by atoms with Crippen LogP contribution < -0.4 is 10.8 Å². The van der Waals surface area contributed by atoms with Crippen LogP contribution >= 0.6 is 11.6 Å². The van der Waals surface area contributed by atoms with E-state index < -0.39 is 5.97 Å². The first-order valence-corrected chi connectivity index (χ1v) is 2.98. The number of aromatic carboxylic acids is 1. The topological polar surface area (TPSA) is 91.9 Å². The predicted octanol–water partition coefficient (Wildman–Crippen LogP) is -0.924. The summed E-state index contributed by atoms with van der Waals surface area (Å²) in [6.07, 6.45) is 1.11. The van der Waals surface area contributed by atoms with Gasteiger partial charge in [0, 0.05) is 0 Å². The molecule has 0 aliphatic carbocycles. The fourth-order valence-corrected chi connectivity index (χ4v) is 0.692.